The van der Waals surface area contributed by atoms with Gasteiger partial charge in [0.25, 0.3) is 5.69 Å². The van der Waals surface area contributed by atoms with Gasteiger partial charge in [-0.3, -0.25) is 10.1 Å². The average Bonchev–Trinajstić information content (AvgIpc) is 2.49. The lowest BCUT2D eigenvalue weighted by atomic mass is 10.2. The first-order valence-electron chi connectivity index (χ1n) is 6.97. The number of anilines is 3. The molecular formula is C16H18N4O3. The van der Waals surface area contributed by atoms with Crippen molar-refractivity contribution in [2.75, 3.05) is 29.6 Å². The molecule has 0 aromatic heterocycles. The van der Waals surface area contributed by atoms with E-state index in [9.17, 15) is 14.9 Å². The van der Waals surface area contributed by atoms with Crippen LogP contribution in [-0.4, -0.2) is 25.0 Å². The molecule has 2 aromatic rings. The Hall–Kier alpha value is -3.09. The first-order chi connectivity index (χ1) is 10.9. The quantitative estimate of drug-likeness (QED) is 0.666. The minimum Gasteiger partial charge on any atom is -0.378 e. The number of urea groups is 1. The van der Waals surface area contributed by atoms with Gasteiger partial charge in [0.15, 0.2) is 0 Å². The van der Waals surface area contributed by atoms with Crippen LogP contribution in [0.2, 0.25) is 0 Å². The van der Waals surface area contributed by atoms with E-state index in [0.717, 1.165) is 11.3 Å². The van der Waals surface area contributed by atoms with Gasteiger partial charge in [0.1, 0.15) is 5.69 Å². The second-order valence-corrected chi connectivity index (χ2v) is 5.30. The highest BCUT2D eigenvalue weighted by atomic mass is 16.6. The summed E-state index contributed by atoms with van der Waals surface area (Å²) in [6.07, 6.45) is 0. The Bertz CT molecular complexity index is 727. The zero-order valence-corrected chi connectivity index (χ0v) is 13.2. The molecule has 2 rings (SSSR count). The lowest BCUT2D eigenvalue weighted by Crippen LogP contribution is -2.20. The first kappa shape index (κ1) is 16.3. The molecule has 0 heterocycles. The van der Waals surface area contributed by atoms with Crippen molar-refractivity contribution in [2.45, 2.75) is 6.92 Å². The number of nitrogens with one attached hydrogen (secondary N) is 2. The molecule has 2 N–H and O–H groups in total. The molecule has 0 atom stereocenters. The van der Waals surface area contributed by atoms with Crippen LogP contribution in [0.1, 0.15) is 5.56 Å². The van der Waals surface area contributed by atoms with Crippen LogP contribution in [0, 0.1) is 17.0 Å². The topological polar surface area (TPSA) is 87.5 Å². The second-order valence-electron chi connectivity index (χ2n) is 5.30. The number of benzene rings is 2. The maximum absolute atomic E-state index is 12.0. The molecule has 7 heteroatoms. The molecule has 0 fully saturated rings. The summed E-state index contributed by atoms with van der Waals surface area (Å²) in [7, 11) is 3.84. The monoisotopic (exact) mass is 314 g/mol. The van der Waals surface area contributed by atoms with E-state index in [1.807, 2.05) is 31.1 Å². The summed E-state index contributed by atoms with van der Waals surface area (Å²) in [4.78, 5) is 24.5. The number of hydrogen-bond acceptors (Lipinski definition) is 4. The molecule has 7 nitrogen and oxygen atoms in total. The summed E-state index contributed by atoms with van der Waals surface area (Å²) in [6.45, 7) is 1.75. The van der Waals surface area contributed by atoms with Gasteiger partial charge >= 0.3 is 6.03 Å². The summed E-state index contributed by atoms with van der Waals surface area (Å²) in [5, 5.41) is 16.2. The molecule has 0 unspecified atom stereocenters. The first-order valence-corrected chi connectivity index (χ1v) is 6.97. The van der Waals surface area contributed by atoms with Gasteiger partial charge < -0.3 is 15.5 Å². The fraction of sp³-hybridized carbons (Fsp3) is 0.188. The third kappa shape index (κ3) is 4.19. The van der Waals surface area contributed by atoms with Gasteiger partial charge in [-0.05, 0) is 42.8 Å². The number of hydrogen-bond donors (Lipinski definition) is 2. The maximum atomic E-state index is 12.0. The van der Waals surface area contributed by atoms with E-state index < -0.39 is 11.0 Å². The van der Waals surface area contributed by atoms with Crippen molar-refractivity contribution in [1.82, 2.24) is 0 Å². The van der Waals surface area contributed by atoms with Gasteiger partial charge in [-0.15, -0.1) is 0 Å². The Morgan fingerprint density at radius 1 is 1.09 bits per heavy atom. The van der Waals surface area contributed by atoms with Crippen LogP contribution in [-0.2, 0) is 0 Å². The number of nitrogens with zero attached hydrogens (tertiary/aromatic N) is 2. The highest BCUT2D eigenvalue weighted by Gasteiger charge is 2.15. The van der Waals surface area contributed by atoms with E-state index in [2.05, 4.69) is 10.6 Å². The molecule has 0 aliphatic carbocycles. The van der Waals surface area contributed by atoms with Crippen molar-refractivity contribution in [3.63, 3.8) is 0 Å². The molecule has 0 bridgehead atoms. The third-order valence-electron chi connectivity index (χ3n) is 3.24. The van der Waals surface area contributed by atoms with Gasteiger partial charge in [-0.2, -0.15) is 0 Å². The number of aryl methyl sites for hydroxylation is 1. The van der Waals surface area contributed by atoms with Crippen molar-refractivity contribution in [3.8, 4) is 0 Å². The zero-order valence-electron chi connectivity index (χ0n) is 13.2. The Morgan fingerprint density at radius 2 is 1.74 bits per heavy atom. The summed E-state index contributed by atoms with van der Waals surface area (Å²) in [5.41, 5.74) is 2.38. The van der Waals surface area contributed by atoms with Gasteiger partial charge in [0.2, 0.25) is 0 Å². The van der Waals surface area contributed by atoms with E-state index in [1.165, 1.54) is 12.1 Å². The molecule has 120 valence electrons. The third-order valence-corrected chi connectivity index (χ3v) is 3.24. The Kier molecular flexibility index (Phi) is 4.80. The highest BCUT2D eigenvalue weighted by Crippen LogP contribution is 2.25. The van der Waals surface area contributed by atoms with Crippen LogP contribution in [0.3, 0.4) is 0 Å². The van der Waals surface area contributed by atoms with Crippen LogP contribution >= 0.6 is 0 Å². The molecule has 2 aromatic carbocycles. The minimum absolute atomic E-state index is 0.136. The van der Waals surface area contributed by atoms with Crippen molar-refractivity contribution < 1.29 is 9.72 Å². The Balaban J connectivity index is 2.09. The number of nitro benzene ring substituents is 1. The van der Waals surface area contributed by atoms with Gasteiger partial charge in [0, 0.05) is 31.5 Å². The maximum Gasteiger partial charge on any atom is 0.323 e. The molecule has 0 saturated heterocycles. The van der Waals surface area contributed by atoms with Crippen LogP contribution in [0.15, 0.2) is 42.5 Å². The number of rotatable bonds is 4. The van der Waals surface area contributed by atoms with E-state index in [1.54, 1.807) is 25.1 Å². The van der Waals surface area contributed by atoms with E-state index in [4.69, 9.17) is 0 Å². The summed E-state index contributed by atoms with van der Waals surface area (Å²) >= 11 is 0. The predicted molar refractivity (Wildman–Crippen MR) is 91.2 cm³/mol. The van der Waals surface area contributed by atoms with Crippen LogP contribution < -0.4 is 15.5 Å². The normalized spacial score (nSPS) is 10.0. The molecule has 0 saturated carbocycles. The summed E-state index contributed by atoms with van der Waals surface area (Å²) in [6, 6.07) is 11.4. The van der Waals surface area contributed by atoms with Crippen molar-refractivity contribution in [1.29, 1.82) is 0 Å². The molecule has 0 radical (unpaired) electrons. The number of amides is 2. The minimum atomic E-state index is -0.533. The summed E-state index contributed by atoms with van der Waals surface area (Å²) < 4.78 is 0. The van der Waals surface area contributed by atoms with Crippen LogP contribution in [0.5, 0.6) is 0 Å². The van der Waals surface area contributed by atoms with Crippen molar-refractivity contribution in [2.24, 2.45) is 0 Å². The van der Waals surface area contributed by atoms with E-state index >= 15 is 0 Å². The highest BCUT2D eigenvalue weighted by molar-refractivity contribution is 6.01. The van der Waals surface area contributed by atoms with Crippen molar-refractivity contribution >= 4 is 28.8 Å². The summed E-state index contributed by atoms with van der Waals surface area (Å²) in [5.74, 6) is 0. The second kappa shape index (κ2) is 6.78. The van der Waals surface area contributed by atoms with E-state index in [-0.39, 0.29) is 11.4 Å². The number of carbonyl (C=O) groups excluding carboxylic acids is 1. The van der Waals surface area contributed by atoms with Crippen LogP contribution in [0.25, 0.3) is 0 Å². The van der Waals surface area contributed by atoms with Crippen molar-refractivity contribution in [3.05, 3.63) is 58.1 Å². The standard InChI is InChI=1S/C16H18N4O3/c1-11-4-9-14(15(10-11)20(22)23)18-16(21)17-12-5-7-13(8-6-12)19(2)3/h4-10H,1-3H3,(H2,17,18,21). The van der Waals surface area contributed by atoms with Gasteiger partial charge in [0.05, 0.1) is 4.92 Å². The molecule has 23 heavy (non-hydrogen) atoms. The van der Waals surface area contributed by atoms with Gasteiger partial charge in [-0.25, -0.2) is 4.79 Å². The average molecular weight is 314 g/mol. The molecule has 0 aliphatic heterocycles. The predicted octanol–water partition coefficient (Wildman–Crippen LogP) is 3.61. The van der Waals surface area contributed by atoms with Crippen LogP contribution in [0.4, 0.5) is 27.5 Å². The number of carbonyl (C=O) groups is 1. The molecule has 0 spiro atoms. The molecule has 2 amide bonds. The fourth-order valence-electron chi connectivity index (χ4n) is 2.03. The lowest BCUT2D eigenvalue weighted by Gasteiger charge is -2.13. The number of nitro groups is 1. The van der Waals surface area contributed by atoms with Gasteiger partial charge in [-0.1, -0.05) is 6.07 Å². The van der Waals surface area contributed by atoms with E-state index in [0.29, 0.717) is 5.69 Å². The fourth-order valence-corrected chi connectivity index (χ4v) is 2.03. The Labute approximate surface area is 134 Å². The lowest BCUT2D eigenvalue weighted by molar-refractivity contribution is -0.384. The molecular weight excluding hydrogens is 296 g/mol. The smallest absolute Gasteiger partial charge is 0.323 e. The largest absolute Gasteiger partial charge is 0.378 e. The zero-order chi connectivity index (χ0) is 17.0. The molecule has 0 aliphatic rings. The Morgan fingerprint density at radius 3 is 2.30 bits per heavy atom. The SMILES string of the molecule is Cc1ccc(NC(=O)Nc2ccc(N(C)C)cc2)c([N+](=O)[O-])c1.